The summed E-state index contributed by atoms with van der Waals surface area (Å²) in [5, 5.41) is 1.42. The molecule has 4 heteroatoms. The third kappa shape index (κ3) is 1.83. The van der Waals surface area contributed by atoms with Crippen molar-refractivity contribution in [2.75, 3.05) is 26.7 Å². The lowest BCUT2D eigenvalue weighted by atomic mass is 10.5. The molecule has 1 rings (SSSR count). The van der Waals surface area contributed by atoms with E-state index in [1.54, 1.807) is 11.9 Å². The zero-order valence-corrected chi connectivity index (χ0v) is 7.04. The summed E-state index contributed by atoms with van der Waals surface area (Å²) < 4.78 is 0. The van der Waals surface area contributed by atoms with E-state index in [1.165, 1.54) is 5.06 Å². The van der Waals surface area contributed by atoms with Gasteiger partial charge in [0.25, 0.3) is 0 Å². The van der Waals surface area contributed by atoms with E-state index in [1.807, 2.05) is 6.92 Å². The molecule has 4 nitrogen and oxygen atoms in total. The van der Waals surface area contributed by atoms with Crippen molar-refractivity contribution >= 4 is 6.03 Å². The molecule has 1 saturated heterocycles. The first kappa shape index (κ1) is 8.33. The highest BCUT2D eigenvalue weighted by atomic mass is 16.7. The van der Waals surface area contributed by atoms with Crippen LogP contribution in [0, 0.1) is 0 Å². The number of nitrogens with zero attached hydrogens (tertiary/aromatic N) is 2. The van der Waals surface area contributed by atoms with Crippen LogP contribution in [0.1, 0.15) is 13.3 Å². The summed E-state index contributed by atoms with van der Waals surface area (Å²) in [6, 6.07) is -0.0370. The molecule has 64 valence electrons. The van der Waals surface area contributed by atoms with E-state index in [0.29, 0.717) is 6.61 Å². The third-order valence-corrected chi connectivity index (χ3v) is 1.77. The average molecular weight is 158 g/mol. The smallest absolute Gasteiger partial charge is 0.326 e. The molecule has 1 aliphatic rings. The summed E-state index contributed by atoms with van der Waals surface area (Å²) in [5.41, 5.74) is 0. The fourth-order valence-electron chi connectivity index (χ4n) is 0.924. The van der Waals surface area contributed by atoms with E-state index in [2.05, 4.69) is 0 Å². The second-order valence-corrected chi connectivity index (χ2v) is 2.59. The lowest BCUT2D eigenvalue weighted by Gasteiger charge is -2.21. The maximum absolute atomic E-state index is 11.3. The predicted molar refractivity (Wildman–Crippen MR) is 41.0 cm³/mol. The van der Waals surface area contributed by atoms with Gasteiger partial charge in [0, 0.05) is 13.6 Å². The molecule has 2 amide bonds. The molecule has 0 atom stereocenters. The standard InChI is InChI=1S/C7H14N2O2/c1-3-8(2)7(10)9-5-4-6-11-9/h3-6H2,1-2H3. The molecule has 0 radical (unpaired) electrons. The number of carbonyl (C=O) groups is 1. The zero-order chi connectivity index (χ0) is 8.27. The van der Waals surface area contributed by atoms with E-state index in [4.69, 9.17) is 4.84 Å². The van der Waals surface area contributed by atoms with E-state index in [-0.39, 0.29) is 6.03 Å². The highest BCUT2D eigenvalue weighted by Crippen LogP contribution is 2.06. The molecule has 0 aromatic carbocycles. The Morgan fingerprint density at radius 3 is 2.91 bits per heavy atom. The summed E-state index contributed by atoms with van der Waals surface area (Å²) in [6.45, 7) is 4.05. The summed E-state index contributed by atoms with van der Waals surface area (Å²) in [4.78, 5) is 18.0. The van der Waals surface area contributed by atoms with Crippen LogP contribution in [0.5, 0.6) is 0 Å². The molecule has 1 heterocycles. The minimum atomic E-state index is -0.0370. The van der Waals surface area contributed by atoms with Crippen LogP contribution >= 0.6 is 0 Å². The molecular weight excluding hydrogens is 144 g/mol. The maximum atomic E-state index is 11.3. The third-order valence-electron chi connectivity index (χ3n) is 1.77. The monoisotopic (exact) mass is 158 g/mol. The molecule has 0 aromatic heterocycles. The number of rotatable bonds is 1. The van der Waals surface area contributed by atoms with Crippen molar-refractivity contribution in [1.82, 2.24) is 9.96 Å². The van der Waals surface area contributed by atoms with Gasteiger partial charge in [-0.2, -0.15) is 0 Å². The van der Waals surface area contributed by atoms with Gasteiger partial charge in [-0.25, -0.2) is 9.86 Å². The van der Waals surface area contributed by atoms with Gasteiger partial charge in [0.1, 0.15) is 0 Å². The first-order chi connectivity index (χ1) is 5.25. The van der Waals surface area contributed by atoms with Gasteiger partial charge in [0.2, 0.25) is 0 Å². The highest BCUT2D eigenvalue weighted by molar-refractivity contribution is 5.73. The van der Waals surface area contributed by atoms with Gasteiger partial charge >= 0.3 is 6.03 Å². The van der Waals surface area contributed by atoms with E-state index >= 15 is 0 Å². The van der Waals surface area contributed by atoms with Crippen LogP contribution in [0.25, 0.3) is 0 Å². The Labute approximate surface area is 66.7 Å². The molecule has 0 unspecified atom stereocenters. The van der Waals surface area contributed by atoms with Crippen molar-refractivity contribution in [1.29, 1.82) is 0 Å². The molecule has 0 aliphatic carbocycles. The maximum Gasteiger partial charge on any atom is 0.343 e. The van der Waals surface area contributed by atoms with Crippen molar-refractivity contribution in [3.8, 4) is 0 Å². The van der Waals surface area contributed by atoms with E-state index < -0.39 is 0 Å². The Hall–Kier alpha value is -0.770. The summed E-state index contributed by atoms with van der Waals surface area (Å²) in [7, 11) is 1.77. The van der Waals surface area contributed by atoms with Crippen LogP contribution in [0.2, 0.25) is 0 Å². The fourth-order valence-corrected chi connectivity index (χ4v) is 0.924. The largest absolute Gasteiger partial charge is 0.343 e. The van der Waals surface area contributed by atoms with Crippen LogP contribution in [0.15, 0.2) is 0 Å². The first-order valence-corrected chi connectivity index (χ1v) is 3.91. The quantitative estimate of drug-likeness (QED) is 0.562. The molecule has 0 saturated carbocycles. The molecule has 0 spiro atoms. The minimum absolute atomic E-state index is 0.0370. The van der Waals surface area contributed by atoms with Gasteiger partial charge in [0.05, 0.1) is 13.2 Å². The Balaban J connectivity index is 2.39. The molecule has 0 N–H and O–H groups in total. The van der Waals surface area contributed by atoms with Crippen molar-refractivity contribution in [3.05, 3.63) is 0 Å². The number of amides is 2. The summed E-state index contributed by atoms with van der Waals surface area (Å²) in [6.07, 6.45) is 0.948. The number of carbonyl (C=O) groups excluding carboxylic acids is 1. The molecule has 11 heavy (non-hydrogen) atoms. The SMILES string of the molecule is CCN(C)C(=O)N1CCCO1. The second kappa shape index (κ2) is 3.57. The van der Waals surface area contributed by atoms with Crippen LogP contribution in [0.3, 0.4) is 0 Å². The fraction of sp³-hybridized carbons (Fsp3) is 0.857. The number of hydrogen-bond acceptors (Lipinski definition) is 2. The van der Waals surface area contributed by atoms with Crippen molar-refractivity contribution < 1.29 is 9.63 Å². The van der Waals surface area contributed by atoms with Gasteiger partial charge in [-0.3, -0.25) is 4.84 Å². The minimum Gasteiger partial charge on any atom is -0.326 e. The number of hydroxylamine groups is 2. The Morgan fingerprint density at radius 1 is 1.73 bits per heavy atom. The van der Waals surface area contributed by atoms with E-state index in [0.717, 1.165) is 19.5 Å². The molecular formula is C7H14N2O2. The predicted octanol–water partition coefficient (Wildman–Crippen LogP) is 0.695. The Morgan fingerprint density at radius 2 is 2.45 bits per heavy atom. The number of hydrogen-bond donors (Lipinski definition) is 0. The molecule has 1 fully saturated rings. The molecule has 0 aromatic rings. The van der Waals surface area contributed by atoms with E-state index in [9.17, 15) is 4.79 Å². The van der Waals surface area contributed by atoms with Gasteiger partial charge in [0.15, 0.2) is 0 Å². The van der Waals surface area contributed by atoms with Crippen molar-refractivity contribution in [3.63, 3.8) is 0 Å². The Kier molecular flexibility index (Phi) is 2.70. The lowest BCUT2D eigenvalue weighted by Crippen LogP contribution is -2.38. The van der Waals surface area contributed by atoms with Crippen molar-refractivity contribution in [2.24, 2.45) is 0 Å². The second-order valence-electron chi connectivity index (χ2n) is 2.59. The Bertz CT molecular complexity index is 143. The zero-order valence-electron chi connectivity index (χ0n) is 7.04. The topological polar surface area (TPSA) is 32.8 Å². The summed E-state index contributed by atoms with van der Waals surface area (Å²) >= 11 is 0. The van der Waals surface area contributed by atoms with Crippen LogP contribution in [-0.2, 0) is 4.84 Å². The van der Waals surface area contributed by atoms with Crippen LogP contribution < -0.4 is 0 Å². The first-order valence-electron chi connectivity index (χ1n) is 3.91. The van der Waals surface area contributed by atoms with Crippen LogP contribution in [-0.4, -0.2) is 42.7 Å². The average Bonchev–Trinajstić information content (AvgIpc) is 2.53. The normalized spacial score (nSPS) is 17.1. The number of urea groups is 1. The lowest BCUT2D eigenvalue weighted by molar-refractivity contribution is -0.0752. The van der Waals surface area contributed by atoms with Crippen LogP contribution in [0.4, 0.5) is 4.79 Å². The van der Waals surface area contributed by atoms with Gasteiger partial charge in [-0.15, -0.1) is 0 Å². The van der Waals surface area contributed by atoms with Gasteiger partial charge in [-0.05, 0) is 13.3 Å². The molecule has 0 bridgehead atoms. The van der Waals surface area contributed by atoms with Crippen molar-refractivity contribution in [2.45, 2.75) is 13.3 Å². The summed E-state index contributed by atoms with van der Waals surface area (Å²) in [5.74, 6) is 0. The highest BCUT2D eigenvalue weighted by Gasteiger charge is 2.21. The molecule has 1 aliphatic heterocycles. The van der Waals surface area contributed by atoms with Gasteiger partial charge < -0.3 is 4.90 Å². The van der Waals surface area contributed by atoms with Gasteiger partial charge in [-0.1, -0.05) is 0 Å².